The van der Waals surface area contributed by atoms with E-state index in [-0.39, 0.29) is 34.2 Å². The Bertz CT molecular complexity index is 974. The summed E-state index contributed by atoms with van der Waals surface area (Å²) < 4.78 is 11.1. The Balaban J connectivity index is 1.68. The van der Waals surface area contributed by atoms with Crippen LogP contribution in [-0.2, 0) is 0 Å². The van der Waals surface area contributed by atoms with Crippen LogP contribution in [0.1, 0.15) is 37.0 Å². The predicted octanol–water partition coefficient (Wildman–Crippen LogP) is 4.90. The molecule has 0 aromatic heterocycles. The zero-order valence-electron chi connectivity index (χ0n) is 18.5. The van der Waals surface area contributed by atoms with Gasteiger partial charge in [0.2, 0.25) is 5.75 Å². The van der Waals surface area contributed by atoms with Crippen molar-refractivity contribution in [2.45, 2.75) is 32.7 Å². The van der Waals surface area contributed by atoms with Crippen molar-refractivity contribution < 1.29 is 19.2 Å². The van der Waals surface area contributed by atoms with Crippen molar-refractivity contribution in [2.24, 2.45) is 5.92 Å². The first-order chi connectivity index (χ1) is 15.3. The second-order valence-electron chi connectivity index (χ2n) is 8.28. The third kappa shape index (κ3) is 6.11. The summed E-state index contributed by atoms with van der Waals surface area (Å²) in [5.74, 6) is 1.03. The summed E-state index contributed by atoms with van der Waals surface area (Å²) in [6.07, 6.45) is 1.83. The van der Waals surface area contributed by atoms with Gasteiger partial charge in [-0.15, -0.1) is 0 Å². The lowest BCUT2D eigenvalue weighted by molar-refractivity contribution is -0.385. The molecular weight excluding hydrogens is 434 g/mol. The number of hydrogen-bond acceptors (Lipinski definition) is 6. The monoisotopic (exact) mass is 461 g/mol. The summed E-state index contributed by atoms with van der Waals surface area (Å²) in [5, 5.41) is 14.6. The van der Waals surface area contributed by atoms with Crippen molar-refractivity contribution >= 4 is 23.2 Å². The number of nitro groups is 1. The van der Waals surface area contributed by atoms with Gasteiger partial charge in [0.25, 0.3) is 5.91 Å². The third-order valence-corrected chi connectivity index (χ3v) is 5.54. The van der Waals surface area contributed by atoms with Crippen LogP contribution in [-0.4, -0.2) is 48.5 Å². The Hall–Kier alpha value is -2.84. The quantitative estimate of drug-likeness (QED) is 0.444. The molecule has 0 bridgehead atoms. The molecule has 1 aliphatic rings. The second kappa shape index (κ2) is 10.7. The number of ether oxygens (including phenoxy) is 2. The van der Waals surface area contributed by atoms with E-state index in [1.807, 2.05) is 0 Å². The maximum atomic E-state index is 12.8. The summed E-state index contributed by atoms with van der Waals surface area (Å²) >= 11 is 5.86. The van der Waals surface area contributed by atoms with E-state index in [0.717, 1.165) is 32.5 Å². The molecule has 9 heteroatoms. The fraction of sp³-hybridized carbons (Fsp3) is 0.435. The van der Waals surface area contributed by atoms with Crippen LogP contribution in [0.15, 0.2) is 36.4 Å². The molecule has 1 saturated heterocycles. The molecule has 2 aromatic rings. The lowest BCUT2D eigenvalue weighted by atomic mass is 10.0. The standard InChI is InChI=1S/C23H28ClN3O5/c1-15(2)14-26-10-8-18(9-11-26)25-23(28)16-4-6-21(22(12-16)31-3)32-20-7-5-17(24)13-19(20)27(29)30/h4-7,12-13,15,18H,8-11,14H2,1-3H3,(H,25,28). The van der Waals surface area contributed by atoms with E-state index in [1.165, 1.54) is 25.3 Å². The molecule has 1 amide bonds. The van der Waals surface area contributed by atoms with Gasteiger partial charge in [-0.05, 0) is 49.1 Å². The number of nitrogens with zero attached hydrogens (tertiary/aromatic N) is 2. The number of halogens is 1. The summed E-state index contributed by atoms with van der Waals surface area (Å²) in [6.45, 7) is 7.43. The molecule has 0 atom stereocenters. The minimum absolute atomic E-state index is 0.0306. The first-order valence-corrected chi connectivity index (χ1v) is 11.0. The Morgan fingerprint density at radius 1 is 1.19 bits per heavy atom. The number of benzene rings is 2. The maximum Gasteiger partial charge on any atom is 0.313 e. The van der Waals surface area contributed by atoms with Crippen molar-refractivity contribution in [1.29, 1.82) is 0 Å². The van der Waals surface area contributed by atoms with Gasteiger partial charge in [0.1, 0.15) is 0 Å². The number of carbonyl (C=O) groups excluding carboxylic acids is 1. The van der Waals surface area contributed by atoms with Gasteiger partial charge in [0.05, 0.1) is 12.0 Å². The van der Waals surface area contributed by atoms with Crippen LogP contribution in [0.3, 0.4) is 0 Å². The van der Waals surface area contributed by atoms with Gasteiger partial charge in [-0.3, -0.25) is 14.9 Å². The third-order valence-electron chi connectivity index (χ3n) is 5.31. The fourth-order valence-corrected chi connectivity index (χ4v) is 3.94. The van der Waals surface area contributed by atoms with Crippen molar-refractivity contribution in [1.82, 2.24) is 10.2 Å². The largest absolute Gasteiger partial charge is 0.493 e. The smallest absolute Gasteiger partial charge is 0.313 e. The predicted molar refractivity (Wildman–Crippen MR) is 123 cm³/mol. The zero-order chi connectivity index (χ0) is 23.3. The number of methoxy groups -OCH3 is 1. The molecule has 0 radical (unpaired) electrons. The minimum Gasteiger partial charge on any atom is -0.493 e. The van der Waals surface area contributed by atoms with Gasteiger partial charge in [-0.2, -0.15) is 0 Å². The summed E-state index contributed by atoms with van der Waals surface area (Å²) in [7, 11) is 1.45. The van der Waals surface area contributed by atoms with E-state index in [4.69, 9.17) is 21.1 Å². The number of piperidine rings is 1. The van der Waals surface area contributed by atoms with E-state index >= 15 is 0 Å². The topological polar surface area (TPSA) is 93.9 Å². The van der Waals surface area contributed by atoms with E-state index in [0.29, 0.717) is 17.2 Å². The summed E-state index contributed by atoms with van der Waals surface area (Å²) in [5.41, 5.74) is 0.176. The van der Waals surface area contributed by atoms with Crippen LogP contribution in [0, 0.1) is 16.0 Å². The molecule has 2 aromatic carbocycles. The molecular formula is C23H28ClN3O5. The number of likely N-dealkylation sites (tertiary alicyclic amines) is 1. The van der Waals surface area contributed by atoms with Gasteiger partial charge in [-0.1, -0.05) is 25.4 Å². The number of hydrogen-bond donors (Lipinski definition) is 1. The van der Waals surface area contributed by atoms with Gasteiger partial charge in [0, 0.05) is 42.3 Å². The Labute approximate surface area is 192 Å². The number of carbonyl (C=O) groups is 1. The van der Waals surface area contributed by atoms with Gasteiger partial charge >= 0.3 is 5.69 Å². The summed E-state index contributed by atoms with van der Waals surface area (Å²) in [6, 6.07) is 9.03. The fourth-order valence-electron chi connectivity index (χ4n) is 3.78. The van der Waals surface area contributed by atoms with E-state index in [2.05, 4.69) is 24.1 Å². The Kier molecular flexibility index (Phi) is 7.93. The highest BCUT2D eigenvalue weighted by molar-refractivity contribution is 6.30. The first kappa shape index (κ1) is 23.8. The average molecular weight is 462 g/mol. The Morgan fingerprint density at radius 2 is 1.88 bits per heavy atom. The van der Waals surface area contributed by atoms with E-state index in [1.54, 1.807) is 18.2 Å². The maximum absolute atomic E-state index is 12.8. The molecule has 1 N–H and O–H groups in total. The molecule has 1 heterocycles. The molecule has 1 fully saturated rings. The van der Waals surface area contributed by atoms with Crippen LogP contribution in [0.25, 0.3) is 0 Å². The van der Waals surface area contributed by atoms with Crippen molar-refractivity contribution in [3.63, 3.8) is 0 Å². The van der Waals surface area contributed by atoms with Crippen LogP contribution in [0.4, 0.5) is 5.69 Å². The lowest BCUT2D eigenvalue weighted by Gasteiger charge is -2.33. The number of nitro benzene ring substituents is 1. The van der Waals surface area contributed by atoms with Crippen molar-refractivity contribution in [3.8, 4) is 17.2 Å². The number of nitrogens with one attached hydrogen (secondary N) is 1. The molecule has 32 heavy (non-hydrogen) atoms. The summed E-state index contributed by atoms with van der Waals surface area (Å²) in [4.78, 5) is 25.9. The molecule has 3 rings (SSSR count). The molecule has 0 aliphatic carbocycles. The molecule has 8 nitrogen and oxygen atoms in total. The molecule has 0 spiro atoms. The SMILES string of the molecule is COc1cc(C(=O)NC2CCN(CC(C)C)CC2)ccc1Oc1ccc(Cl)cc1[N+](=O)[O-]. The molecule has 0 unspecified atom stereocenters. The minimum atomic E-state index is -0.567. The number of rotatable bonds is 8. The molecule has 0 saturated carbocycles. The van der Waals surface area contributed by atoms with Crippen LogP contribution in [0.2, 0.25) is 5.02 Å². The highest BCUT2D eigenvalue weighted by Crippen LogP contribution is 2.38. The highest BCUT2D eigenvalue weighted by Gasteiger charge is 2.23. The number of amides is 1. The van der Waals surface area contributed by atoms with Gasteiger partial charge < -0.3 is 19.7 Å². The van der Waals surface area contributed by atoms with Crippen LogP contribution < -0.4 is 14.8 Å². The van der Waals surface area contributed by atoms with E-state index < -0.39 is 4.92 Å². The second-order valence-corrected chi connectivity index (χ2v) is 8.72. The van der Waals surface area contributed by atoms with Crippen molar-refractivity contribution in [3.05, 3.63) is 57.1 Å². The molecule has 1 aliphatic heterocycles. The highest BCUT2D eigenvalue weighted by atomic mass is 35.5. The average Bonchev–Trinajstić information content (AvgIpc) is 2.76. The lowest BCUT2D eigenvalue weighted by Crippen LogP contribution is -2.45. The zero-order valence-corrected chi connectivity index (χ0v) is 19.2. The first-order valence-electron chi connectivity index (χ1n) is 10.6. The van der Waals surface area contributed by atoms with Gasteiger partial charge in [-0.25, -0.2) is 0 Å². The van der Waals surface area contributed by atoms with Crippen LogP contribution >= 0.6 is 11.6 Å². The van der Waals surface area contributed by atoms with Crippen molar-refractivity contribution in [2.75, 3.05) is 26.7 Å². The van der Waals surface area contributed by atoms with E-state index in [9.17, 15) is 14.9 Å². The van der Waals surface area contributed by atoms with Gasteiger partial charge in [0.15, 0.2) is 11.5 Å². The normalized spacial score (nSPS) is 14.9. The molecule has 172 valence electrons. The van der Waals surface area contributed by atoms with Crippen LogP contribution in [0.5, 0.6) is 17.2 Å². The Morgan fingerprint density at radius 3 is 2.50 bits per heavy atom.